The van der Waals surface area contributed by atoms with Crippen LogP contribution in [0.15, 0.2) is 53.4 Å². The number of benzene rings is 2. The van der Waals surface area contributed by atoms with Crippen LogP contribution in [0.2, 0.25) is 5.02 Å². The van der Waals surface area contributed by atoms with Gasteiger partial charge in [-0.3, -0.25) is 0 Å². The fourth-order valence-electron chi connectivity index (χ4n) is 1.58. The Balaban J connectivity index is 2.30. The molecule has 0 saturated heterocycles. The molecule has 0 bridgehead atoms. The van der Waals surface area contributed by atoms with Crippen LogP contribution < -0.4 is 5.73 Å². The number of sulfone groups is 1. The van der Waals surface area contributed by atoms with Crippen LogP contribution in [0.3, 0.4) is 0 Å². The average Bonchev–Trinajstić information content (AvgIpc) is 2.32. The van der Waals surface area contributed by atoms with Gasteiger partial charge in [-0.2, -0.15) is 0 Å². The molecule has 2 rings (SSSR count). The summed E-state index contributed by atoms with van der Waals surface area (Å²) in [7, 11) is -3.37. The Labute approximate surface area is 111 Å². The van der Waals surface area contributed by atoms with Crippen molar-refractivity contribution < 1.29 is 8.42 Å². The number of nitrogens with two attached hydrogens (primary N) is 1. The van der Waals surface area contributed by atoms with E-state index in [4.69, 9.17) is 17.3 Å². The second-order valence-electron chi connectivity index (χ2n) is 3.96. The van der Waals surface area contributed by atoms with E-state index in [1.165, 1.54) is 6.07 Å². The topological polar surface area (TPSA) is 60.2 Å². The number of halogens is 1. The Bertz CT molecular complexity index is 651. The van der Waals surface area contributed by atoms with Crippen LogP contribution in [0.4, 0.5) is 5.69 Å². The first-order chi connectivity index (χ1) is 8.47. The molecule has 2 aromatic rings. The first-order valence-electron chi connectivity index (χ1n) is 5.30. The van der Waals surface area contributed by atoms with E-state index in [0.717, 1.165) is 0 Å². The summed E-state index contributed by atoms with van der Waals surface area (Å²) in [5.74, 6) is -0.0619. The van der Waals surface area contributed by atoms with Crippen molar-refractivity contribution in [3.63, 3.8) is 0 Å². The van der Waals surface area contributed by atoms with Crippen molar-refractivity contribution in [2.24, 2.45) is 0 Å². The molecule has 5 heteroatoms. The van der Waals surface area contributed by atoms with Crippen molar-refractivity contribution in [3.8, 4) is 0 Å². The van der Waals surface area contributed by atoms with Crippen LogP contribution in [0.5, 0.6) is 0 Å². The summed E-state index contributed by atoms with van der Waals surface area (Å²) in [5, 5.41) is 0.411. The van der Waals surface area contributed by atoms with Crippen molar-refractivity contribution >= 4 is 27.1 Å². The molecule has 2 aromatic carbocycles. The maximum Gasteiger partial charge on any atom is 0.182 e. The lowest BCUT2D eigenvalue weighted by atomic mass is 10.2. The molecule has 0 aromatic heterocycles. The van der Waals surface area contributed by atoms with E-state index >= 15 is 0 Å². The van der Waals surface area contributed by atoms with Gasteiger partial charge in [-0.25, -0.2) is 8.42 Å². The SMILES string of the molecule is Nc1ccc(CS(=O)(=O)c2cccc(Cl)c2)cc1. The molecular formula is C13H12ClNO2S. The van der Waals surface area contributed by atoms with Crippen molar-refractivity contribution in [1.82, 2.24) is 0 Å². The Hall–Kier alpha value is -1.52. The van der Waals surface area contributed by atoms with Gasteiger partial charge in [0, 0.05) is 10.7 Å². The van der Waals surface area contributed by atoms with Crippen LogP contribution in [0.1, 0.15) is 5.56 Å². The zero-order chi connectivity index (χ0) is 13.2. The Morgan fingerprint density at radius 1 is 1.06 bits per heavy atom. The van der Waals surface area contributed by atoms with E-state index in [1.807, 2.05) is 0 Å². The van der Waals surface area contributed by atoms with Crippen LogP contribution in [-0.4, -0.2) is 8.42 Å². The lowest BCUT2D eigenvalue weighted by Gasteiger charge is -2.05. The average molecular weight is 282 g/mol. The van der Waals surface area contributed by atoms with E-state index in [9.17, 15) is 8.42 Å². The Morgan fingerprint density at radius 2 is 1.72 bits per heavy atom. The van der Waals surface area contributed by atoms with E-state index in [0.29, 0.717) is 16.3 Å². The molecule has 3 nitrogen and oxygen atoms in total. The molecule has 0 radical (unpaired) electrons. The standard InChI is InChI=1S/C13H12ClNO2S/c14-11-2-1-3-13(8-11)18(16,17)9-10-4-6-12(15)7-5-10/h1-8H,9,15H2. The van der Waals surface area contributed by atoms with Crippen molar-refractivity contribution in [2.75, 3.05) is 5.73 Å². The fourth-order valence-corrected chi connectivity index (χ4v) is 3.22. The lowest BCUT2D eigenvalue weighted by molar-refractivity contribution is 0.595. The van der Waals surface area contributed by atoms with Gasteiger partial charge in [-0.05, 0) is 35.9 Å². The number of anilines is 1. The zero-order valence-electron chi connectivity index (χ0n) is 9.51. The highest BCUT2D eigenvalue weighted by Gasteiger charge is 2.15. The van der Waals surface area contributed by atoms with Gasteiger partial charge in [0.25, 0.3) is 0 Å². The summed E-state index contributed by atoms with van der Waals surface area (Å²) in [4.78, 5) is 0.229. The zero-order valence-corrected chi connectivity index (χ0v) is 11.1. The summed E-state index contributed by atoms with van der Waals surface area (Å²) in [6.07, 6.45) is 0. The van der Waals surface area contributed by atoms with Crippen molar-refractivity contribution in [3.05, 3.63) is 59.1 Å². The molecule has 0 spiro atoms. The molecule has 0 saturated carbocycles. The first kappa shape index (κ1) is 12.9. The molecule has 0 heterocycles. The summed E-state index contributed by atoms with van der Waals surface area (Å²) in [5.41, 5.74) is 6.86. The highest BCUT2D eigenvalue weighted by Crippen LogP contribution is 2.20. The van der Waals surface area contributed by atoms with Crippen molar-refractivity contribution in [1.29, 1.82) is 0 Å². The normalized spacial score (nSPS) is 11.4. The quantitative estimate of drug-likeness (QED) is 0.880. The molecule has 0 atom stereocenters. The van der Waals surface area contributed by atoms with Crippen molar-refractivity contribution in [2.45, 2.75) is 10.6 Å². The number of nitrogen functional groups attached to an aromatic ring is 1. The molecule has 18 heavy (non-hydrogen) atoms. The van der Waals surface area contributed by atoms with E-state index in [-0.39, 0.29) is 10.6 Å². The van der Waals surface area contributed by atoms with Gasteiger partial charge in [0.1, 0.15) is 0 Å². The predicted molar refractivity (Wildman–Crippen MR) is 73.2 cm³/mol. The molecule has 0 aliphatic heterocycles. The van der Waals surface area contributed by atoms with Gasteiger partial charge in [-0.1, -0.05) is 29.8 Å². The summed E-state index contributed by atoms with van der Waals surface area (Å²) < 4.78 is 24.3. The molecule has 2 N–H and O–H groups in total. The maximum absolute atomic E-state index is 12.1. The minimum atomic E-state index is -3.37. The predicted octanol–water partition coefficient (Wildman–Crippen LogP) is 2.90. The highest BCUT2D eigenvalue weighted by atomic mass is 35.5. The number of hydrogen-bond acceptors (Lipinski definition) is 3. The fraction of sp³-hybridized carbons (Fsp3) is 0.0769. The molecule has 0 fully saturated rings. The molecule has 0 unspecified atom stereocenters. The van der Waals surface area contributed by atoms with Gasteiger partial charge >= 0.3 is 0 Å². The van der Waals surface area contributed by atoms with Gasteiger partial charge in [0.05, 0.1) is 10.6 Å². The Kier molecular flexibility index (Phi) is 3.59. The number of hydrogen-bond donors (Lipinski definition) is 1. The largest absolute Gasteiger partial charge is 0.399 e. The van der Waals surface area contributed by atoms with Crippen LogP contribution in [0, 0.1) is 0 Å². The molecule has 0 aliphatic rings. The van der Waals surface area contributed by atoms with E-state index < -0.39 is 9.84 Å². The minimum absolute atomic E-state index is 0.0619. The smallest absolute Gasteiger partial charge is 0.182 e. The monoisotopic (exact) mass is 281 g/mol. The minimum Gasteiger partial charge on any atom is -0.399 e. The van der Waals surface area contributed by atoms with E-state index in [2.05, 4.69) is 0 Å². The first-order valence-corrected chi connectivity index (χ1v) is 7.33. The van der Waals surface area contributed by atoms with E-state index in [1.54, 1.807) is 42.5 Å². The highest BCUT2D eigenvalue weighted by molar-refractivity contribution is 7.90. The third kappa shape index (κ3) is 3.03. The third-order valence-electron chi connectivity index (χ3n) is 2.49. The van der Waals surface area contributed by atoms with Crippen LogP contribution >= 0.6 is 11.6 Å². The summed E-state index contributed by atoms with van der Waals surface area (Å²) >= 11 is 5.79. The van der Waals surface area contributed by atoms with Gasteiger partial charge in [0.2, 0.25) is 0 Å². The molecule has 0 aliphatic carbocycles. The number of rotatable bonds is 3. The molecule has 94 valence electrons. The lowest BCUT2D eigenvalue weighted by Crippen LogP contribution is -2.05. The third-order valence-corrected chi connectivity index (χ3v) is 4.41. The maximum atomic E-state index is 12.1. The second-order valence-corrected chi connectivity index (χ2v) is 6.38. The summed E-state index contributed by atoms with van der Waals surface area (Å²) in [6, 6.07) is 13.0. The van der Waals surface area contributed by atoms with Gasteiger partial charge < -0.3 is 5.73 Å². The summed E-state index contributed by atoms with van der Waals surface area (Å²) in [6.45, 7) is 0. The van der Waals surface area contributed by atoms with Gasteiger partial charge in [-0.15, -0.1) is 0 Å². The van der Waals surface area contributed by atoms with Gasteiger partial charge in [0.15, 0.2) is 9.84 Å². The Morgan fingerprint density at radius 3 is 2.33 bits per heavy atom. The molecule has 0 amide bonds. The van der Waals surface area contributed by atoms with Crippen LogP contribution in [0.25, 0.3) is 0 Å². The molecular weight excluding hydrogens is 270 g/mol. The second kappa shape index (κ2) is 5.00. The van der Waals surface area contributed by atoms with Crippen LogP contribution in [-0.2, 0) is 15.6 Å².